The van der Waals surface area contributed by atoms with Gasteiger partial charge in [-0.15, -0.1) is 0 Å². The quantitative estimate of drug-likeness (QED) is 0.818. The Morgan fingerprint density at radius 1 is 1.37 bits per heavy atom. The van der Waals surface area contributed by atoms with Crippen molar-refractivity contribution in [3.05, 3.63) is 29.8 Å². The van der Waals surface area contributed by atoms with Crippen LogP contribution >= 0.6 is 0 Å². The second kappa shape index (κ2) is 6.17. The van der Waals surface area contributed by atoms with Crippen molar-refractivity contribution in [1.29, 1.82) is 0 Å². The maximum Gasteiger partial charge on any atom is 0.228 e. The molecule has 0 spiro atoms. The van der Waals surface area contributed by atoms with Crippen molar-refractivity contribution in [2.75, 3.05) is 39.1 Å². The lowest BCUT2D eigenvalue weighted by atomic mass is 9.96. The fourth-order valence-corrected chi connectivity index (χ4v) is 2.50. The van der Waals surface area contributed by atoms with E-state index in [-0.39, 0.29) is 11.9 Å². The van der Waals surface area contributed by atoms with Gasteiger partial charge in [-0.3, -0.25) is 4.79 Å². The lowest BCUT2D eigenvalue weighted by Gasteiger charge is -2.32. The Bertz CT molecular complexity index is 445. The van der Waals surface area contributed by atoms with Crippen molar-refractivity contribution in [3.63, 3.8) is 0 Å². The predicted molar refractivity (Wildman–Crippen MR) is 78.4 cm³/mol. The molecule has 1 amide bonds. The Labute approximate surface area is 115 Å². The number of nitrogens with zero attached hydrogens (tertiary/aromatic N) is 2. The number of carbonyl (C=O) groups excluding carboxylic acids is 1. The molecular formula is C15H23N3O. The van der Waals surface area contributed by atoms with Crippen molar-refractivity contribution in [2.24, 2.45) is 0 Å². The lowest BCUT2D eigenvalue weighted by molar-refractivity contribution is -0.119. The summed E-state index contributed by atoms with van der Waals surface area (Å²) in [4.78, 5) is 15.9. The Hall–Kier alpha value is -1.39. The monoisotopic (exact) mass is 261 g/mol. The van der Waals surface area contributed by atoms with Gasteiger partial charge in [-0.25, -0.2) is 0 Å². The van der Waals surface area contributed by atoms with Crippen LogP contribution in [0.2, 0.25) is 0 Å². The van der Waals surface area contributed by atoms with Gasteiger partial charge in [0, 0.05) is 25.2 Å². The summed E-state index contributed by atoms with van der Waals surface area (Å²) in [7, 11) is 6.01. The maximum absolute atomic E-state index is 12.0. The predicted octanol–water partition coefficient (Wildman–Crippen LogP) is 1.64. The Morgan fingerprint density at radius 2 is 2.11 bits per heavy atom. The van der Waals surface area contributed by atoms with Gasteiger partial charge in [-0.1, -0.05) is 18.2 Å². The van der Waals surface area contributed by atoms with Crippen LogP contribution in [0.4, 0.5) is 5.69 Å². The number of hydrogen-bond donors (Lipinski definition) is 1. The lowest BCUT2D eigenvalue weighted by Crippen LogP contribution is -2.38. The molecular weight excluding hydrogens is 238 g/mol. The van der Waals surface area contributed by atoms with Gasteiger partial charge in [0.15, 0.2) is 0 Å². The number of fused-ring (bicyclic) bond motifs is 1. The molecule has 0 aliphatic carbocycles. The third-order valence-corrected chi connectivity index (χ3v) is 3.60. The Kier molecular flexibility index (Phi) is 4.56. The molecule has 1 aromatic carbocycles. The number of para-hydroxylation sites is 1. The average molecular weight is 261 g/mol. The molecule has 1 unspecified atom stereocenters. The number of rotatable bonds is 5. The van der Waals surface area contributed by atoms with Crippen LogP contribution in [0.25, 0.3) is 0 Å². The SMILES string of the molecule is CN(C)CCCNC1CC(=O)N(C)c2ccccc21. The van der Waals surface area contributed by atoms with Crippen LogP contribution in [-0.4, -0.2) is 45.0 Å². The van der Waals surface area contributed by atoms with E-state index in [2.05, 4.69) is 30.4 Å². The largest absolute Gasteiger partial charge is 0.315 e. The first kappa shape index (κ1) is 14.0. The first-order valence-electron chi connectivity index (χ1n) is 6.83. The van der Waals surface area contributed by atoms with Crippen molar-refractivity contribution in [1.82, 2.24) is 10.2 Å². The summed E-state index contributed by atoms with van der Waals surface area (Å²) in [5.74, 6) is 0.184. The molecule has 1 aliphatic heterocycles. The number of benzene rings is 1. The van der Waals surface area contributed by atoms with Crippen LogP contribution in [0.15, 0.2) is 24.3 Å². The third-order valence-electron chi connectivity index (χ3n) is 3.60. The van der Waals surface area contributed by atoms with Crippen molar-refractivity contribution in [2.45, 2.75) is 18.9 Å². The number of carbonyl (C=O) groups is 1. The summed E-state index contributed by atoms with van der Waals surface area (Å²) < 4.78 is 0. The molecule has 4 heteroatoms. The van der Waals surface area contributed by atoms with E-state index in [1.165, 1.54) is 5.56 Å². The number of amides is 1. The molecule has 104 valence electrons. The molecule has 0 saturated carbocycles. The smallest absolute Gasteiger partial charge is 0.228 e. The molecule has 0 saturated heterocycles. The van der Waals surface area contributed by atoms with Gasteiger partial charge >= 0.3 is 0 Å². The van der Waals surface area contributed by atoms with E-state index in [1.54, 1.807) is 4.90 Å². The molecule has 0 radical (unpaired) electrons. The van der Waals surface area contributed by atoms with E-state index < -0.39 is 0 Å². The zero-order valence-corrected chi connectivity index (χ0v) is 12.0. The van der Waals surface area contributed by atoms with Crippen molar-refractivity contribution >= 4 is 11.6 Å². The van der Waals surface area contributed by atoms with E-state index in [0.29, 0.717) is 6.42 Å². The van der Waals surface area contributed by atoms with Gasteiger partial charge < -0.3 is 15.1 Å². The summed E-state index contributed by atoms with van der Waals surface area (Å²) in [5.41, 5.74) is 2.26. The molecule has 1 aliphatic rings. The summed E-state index contributed by atoms with van der Waals surface area (Å²) >= 11 is 0. The molecule has 19 heavy (non-hydrogen) atoms. The second-order valence-electron chi connectivity index (χ2n) is 5.38. The molecule has 1 aromatic rings. The van der Waals surface area contributed by atoms with Crippen LogP contribution in [-0.2, 0) is 4.79 Å². The molecule has 1 N–H and O–H groups in total. The van der Waals surface area contributed by atoms with Crippen LogP contribution in [0.1, 0.15) is 24.4 Å². The molecule has 0 fully saturated rings. The van der Waals surface area contributed by atoms with Gasteiger partial charge in [-0.2, -0.15) is 0 Å². The van der Waals surface area contributed by atoms with Crippen LogP contribution in [0.3, 0.4) is 0 Å². The molecule has 2 rings (SSSR count). The number of hydrogen-bond acceptors (Lipinski definition) is 3. The van der Waals surface area contributed by atoms with Crippen molar-refractivity contribution < 1.29 is 4.79 Å². The second-order valence-corrected chi connectivity index (χ2v) is 5.38. The third kappa shape index (κ3) is 3.33. The first-order chi connectivity index (χ1) is 9.09. The van der Waals surface area contributed by atoms with Gasteiger partial charge in [0.1, 0.15) is 0 Å². The van der Waals surface area contributed by atoms with Gasteiger partial charge in [0.25, 0.3) is 0 Å². The molecule has 0 bridgehead atoms. The molecule has 1 atom stereocenters. The minimum Gasteiger partial charge on any atom is -0.315 e. The normalized spacial score (nSPS) is 18.8. The zero-order valence-electron chi connectivity index (χ0n) is 12.0. The fourth-order valence-electron chi connectivity index (χ4n) is 2.50. The molecule has 4 nitrogen and oxygen atoms in total. The van der Waals surface area contributed by atoms with Gasteiger partial charge in [0.05, 0.1) is 0 Å². The highest BCUT2D eigenvalue weighted by atomic mass is 16.2. The Morgan fingerprint density at radius 3 is 2.84 bits per heavy atom. The van der Waals surface area contributed by atoms with E-state index >= 15 is 0 Å². The minimum absolute atomic E-state index is 0.155. The maximum atomic E-state index is 12.0. The molecule has 0 aromatic heterocycles. The number of nitrogens with one attached hydrogen (secondary N) is 1. The topological polar surface area (TPSA) is 35.6 Å². The average Bonchev–Trinajstić information content (AvgIpc) is 2.40. The Balaban J connectivity index is 2.01. The van der Waals surface area contributed by atoms with E-state index in [9.17, 15) is 4.79 Å². The van der Waals surface area contributed by atoms with Crippen LogP contribution in [0, 0.1) is 0 Å². The van der Waals surface area contributed by atoms with E-state index in [1.807, 2.05) is 25.2 Å². The van der Waals surface area contributed by atoms with Crippen LogP contribution in [0.5, 0.6) is 0 Å². The summed E-state index contributed by atoms with van der Waals surface area (Å²) in [6.45, 7) is 2.00. The fraction of sp³-hybridized carbons (Fsp3) is 0.533. The number of anilines is 1. The highest BCUT2D eigenvalue weighted by molar-refractivity contribution is 5.96. The standard InChI is InChI=1S/C15H23N3O/c1-17(2)10-6-9-16-13-11-15(19)18(3)14-8-5-4-7-12(13)14/h4-5,7-8,13,16H,6,9-11H2,1-3H3. The van der Waals surface area contributed by atoms with Crippen molar-refractivity contribution in [3.8, 4) is 0 Å². The highest BCUT2D eigenvalue weighted by Gasteiger charge is 2.28. The molecule has 1 heterocycles. The van der Waals surface area contributed by atoms with E-state index in [4.69, 9.17) is 0 Å². The minimum atomic E-state index is 0.155. The van der Waals surface area contributed by atoms with E-state index in [0.717, 1.165) is 25.2 Å². The van der Waals surface area contributed by atoms with Gasteiger partial charge in [0.2, 0.25) is 5.91 Å². The summed E-state index contributed by atoms with van der Waals surface area (Å²) in [6.07, 6.45) is 1.64. The first-order valence-corrected chi connectivity index (χ1v) is 6.83. The summed E-state index contributed by atoms with van der Waals surface area (Å²) in [5, 5.41) is 3.51. The van der Waals surface area contributed by atoms with Crippen LogP contribution < -0.4 is 10.2 Å². The van der Waals surface area contributed by atoms with Gasteiger partial charge in [-0.05, 0) is 45.2 Å². The zero-order chi connectivity index (χ0) is 13.8. The summed E-state index contributed by atoms with van der Waals surface area (Å²) in [6, 6.07) is 8.30. The highest BCUT2D eigenvalue weighted by Crippen LogP contribution is 2.33.